The van der Waals surface area contributed by atoms with Crippen LogP contribution in [0.3, 0.4) is 0 Å². The number of carboxylic acid groups (broad SMARTS) is 1. The van der Waals surface area contributed by atoms with E-state index in [1.807, 2.05) is 54.6 Å². The second-order valence-electron chi connectivity index (χ2n) is 11.5. The molecule has 0 unspecified atom stereocenters. The molecule has 45 heavy (non-hydrogen) atoms. The summed E-state index contributed by atoms with van der Waals surface area (Å²) in [7, 11) is 0. The van der Waals surface area contributed by atoms with Crippen LogP contribution in [0.5, 0.6) is 23.0 Å². The van der Waals surface area contributed by atoms with Gasteiger partial charge in [0, 0.05) is 31.6 Å². The van der Waals surface area contributed by atoms with Crippen LogP contribution in [0.15, 0.2) is 84.9 Å². The molecule has 1 atom stereocenters. The van der Waals surface area contributed by atoms with Crippen molar-refractivity contribution in [1.82, 2.24) is 4.90 Å². The fourth-order valence-corrected chi connectivity index (χ4v) is 5.39. The maximum absolute atomic E-state index is 11.6. The molecule has 0 radical (unpaired) electrons. The molecule has 236 valence electrons. The van der Waals surface area contributed by atoms with Gasteiger partial charge in [-0.25, -0.2) is 0 Å². The maximum atomic E-state index is 11.6. The van der Waals surface area contributed by atoms with Gasteiger partial charge in [0.2, 0.25) is 0 Å². The summed E-state index contributed by atoms with van der Waals surface area (Å²) in [4.78, 5) is 13.8. The fourth-order valence-electron chi connectivity index (χ4n) is 5.39. The summed E-state index contributed by atoms with van der Waals surface area (Å²) in [6, 6.07) is 27.3. The van der Waals surface area contributed by atoms with Gasteiger partial charge < -0.3 is 29.8 Å². The predicted octanol–water partition coefficient (Wildman–Crippen LogP) is 6.43. The number of nitrogens with zero attached hydrogens (tertiary/aromatic N) is 1. The van der Waals surface area contributed by atoms with Gasteiger partial charge in [-0.2, -0.15) is 0 Å². The molecule has 0 aromatic heterocycles. The molecule has 0 saturated heterocycles. The van der Waals surface area contributed by atoms with Gasteiger partial charge in [0.25, 0.3) is 0 Å². The topological polar surface area (TPSA) is 103 Å². The van der Waals surface area contributed by atoms with Crippen LogP contribution in [0.25, 0.3) is 0 Å². The summed E-state index contributed by atoms with van der Waals surface area (Å²) in [6.07, 6.45) is 1.05. The Labute approximate surface area is 265 Å². The molecule has 1 aliphatic heterocycles. The van der Waals surface area contributed by atoms with Gasteiger partial charge in [0.1, 0.15) is 30.8 Å². The number of para-hydroxylation sites is 1. The fraction of sp³-hybridized carbons (Fsp3) is 0.324. The molecular formula is C37H42N2O6. The number of hydrogen-bond acceptors (Lipinski definition) is 7. The van der Waals surface area contributed by atoms with E-state index in [0.29, 0.717) is 63.3 Å². The Kier molecular flexibility index (Phi) is 11.0. The van der Waals surface area contributed by atoms with E-state index >= 15 is 0 Å². The number of aryl methyl sites for hydroxylation is 2. The second-order valence-corrected chi connectivity index (χ2v) is 11.5. The molecule has 8 heteroatoms. The summed E-state index contributed by atoms with van der Waals surface area (Å²) in [5.41, 5.74) is 12.3. The third-order valence-electron chi connectivity index (χ3n) is 7.75. The number of carboxylic acids is 1. The van der Waals surface area contributed by atoms with Crippen molar-refractivity contribution in [3.05, 3.63) is 118 Å². The number of benzene rings is 4. The van der Waals surface area contributed by atoms with Crippen molar-refractivity contribution in [2.75, 3.05) is 19.8 Å². The Bertz CT molecular complexity index is 1590. The SMILES string of the molecule is Cc1cccc(COc2ccccc2CN(CC[C@H](N)C(=O)O)Cc2c(OCc3cccc(C)c3)ccc3c2OCCCO3)c1. The molecule has 3 N–H and O–H groups in total. The molecular weight excluding hydrogens is 568 g/mol. The quantitative estimate of drug-likeness (QED) is 0.169. The van der Waals surface area contributed by atoms with Crippen LogP contribution in [0.2, 0.25) is 0 Å². The summed E-state index contributed by atoms with van der Waals surface area (Å²) in [6.45, 7) is 7.41. The minimum absolute atomic E-state index is 0.271. The van der Waals surface area contributed by atoms with Gasteiger partial charge in [0.05, 0.1) is 18.8 Å². The van der Waals surface area contributed by atoms with Crippen LogP contribution in [-0.2, 0) is 31.1 Å². The lowest BCUT2D eigenvalue weighted by atomic mass is 10.1. The first-order valence-electron chi connectivity index (χ1n) is 15.4. The highest BCUT2D eigenvalue weighted by Crippen LogP contribution is 2.40. The van der Waals surface area contributed by atoms with E-state index in [-0.39, 0.29) is 6.42 Å². The van der Waals surface area contributed by atoms with Crippen molar-refractivity contribution in [3.63, 3.8) is 0 Å². The molecule has 4 aromatic rings. The van der Waals surface area contributed by atoms with E-state index in [0.717, 1.165) is 34.4 Å². The second kappa shape index (κ2) is 15.5. The highest BCUT2D eigenvalue weighted by molar-refractivity contribution is 5.73. The summed E-state index contributed by atoms with van der Waals surface area (Å²) in [5.74, 6) is 1.77. The monoisotopic (exact) mass is 610 g/mol. The third kappa shape index (κ3) is 9.00. The highest BCUT2D eigenvalue weighted by Gasteiger charge is 2.24. The van der Waals surface area contributed by atoms with E-state index in [1.165, 1.54) is 11.1 Å². The molecule has 0 spiro atoms. The highest BCUT2D eigenvalue weighted by atomic mass is 16.5. The van der Waals surface area contributed by atoms with Crippen LogP contribution in [0, 0.1) is 13.8 Å². The smallest absolute Gasteiger partial charge is 0.320 e. The predicted molar refractivity (Wildman–Crippen MR) is 174 cm³/mol. The summed E-state index contributed by atoms with van der Waals surface area (Å²) < 4.78 is 25.0. The first-order valence-corrected chi connectivity index (χ1v) is 15.4. The Hall–Kier alpha value is -4.53. The van der Waals surface area contributed by atoms with Crippen molar-refractivity contribution in [3.8, 4) is 23.0 Å². The number of nitrogens with two attached hydrogens (primary N) is 1. The Morgan fingerprint density at radius 1 is 0.844 bits per heavy atom. The molecule has 4 aromatic carbocycles. The number of aliphatic carboxylic acids is 1. The molecule has 1 aliphatic rings. The third-order valence-corrected chi connectivity index (χ3v) is 7.75. The van der Waals surface area contributed by atoms with E-state index in [2.05, 4.69) is 49.1 Å². The van der Waals surface area contributed by atoms with E-state index in [1.54, 1.807) is 0 Å². The normalized spacial score (nSPS) is 13.2. The first kappa shape index (κ1) is 31.9. The lowest BCUT2D eigenvalue weighted by Crippen LogP contribution is -2.35. The number of carbonyl (C=O) groups is 1. The van der Waals surface area contributed by atoms with Crippen molar-refractivity contribution < 1.29 is 28.8 Å². The molecule has 5 rings (SSSR count). The van der Waals surface area contributed by atoms with Crippen molar-refractivity contribution in [2.45, 2.75) is 59.0 Å². The molecule has 0 bridgehead atoms. The number of fused-ring (bicyclic) bond motifs is 1. The number of ether oxygens (including phenoxy) is 4. The maximum Gasteiger partial charge on any atom is 0.320 e. The zero-order chi connectivity index (χ0) is 31.6. The van der Waals surface area contributed by atoms with Crippen LogP contribution in [0.4, 0.5) is 0 Å². The van der Waals surface area contributed by atoms with Crippen LogP contribution in [-0.4, -0.2) is 41.8 Å². The van der Waals surface area contributed by atoms with Crippen molar-refractivity contribution in [1.29, 1.82) is 0 Å². The van der Waals surface area contributed by atoms with Crippen LogP contribution in [0.1, 0.15) is 46.2 Å². The zero-order valence-corrected chi connectivity index (χ0v) is 26.0. The average Bonchev–Trinajstić information content (AvgIpc) is 3.28. The van der Waals surface area contributed by atoms with Crippen molar-refractivity contribution in [2.24, 2.45) is 5.73 Å². The molecule has 1 heterocycles. The van der Waals surface area contributed by atoms with Crippen LogP contribution >= 0.6 is 0 Å². The summed E-state index contributed by atoms with van der Waals surface area (Å²) >= 11 is 0. The zero-order valence-electron chi connectivity index (χ0n) is 26.0. The molecule has 0 saturated carbocycles. The molecule has 8 nitrogen and oxygen atoms in total. The Balaban J connectivity index is 1.43. The van der Waals surface area contributed by atoms with Gasteiger partial charge in [-0.1, -0.05) is 77.9 Å². The number of rotatable bonds is 14. The summed E-state index contributed by atoms with van der Waals surface area (Å²) in [5, 5.41) is 9.53. The number of hydrogen-bond donors (Lipinski definition) is 2. The lowest BCUT2D eigenvalue weighted by Gasteiger charge is -2.27. The van der Waals surface area contributed by atoms with Crippen molar-refractivity contribution >= 4 is 5.97 Å². The Morgan fingerprint density at radius 2 is 1.51 bits per heavy atom. The van der Waals surface area contributed by atoms with E-state index in [4.69, 9.17) is 24.7 Å². The van der Waals surface area contributed by atoms with Gasteiger partial charge in [-0.05, 0) is 49.6 Å². The Morgan fingerprint density at radius 3 is 2.20 bits per heavy atom. The van der Waals surface area contributed by atoms with Gasteiger partial charge in [0.15, 0.2) is 11.5 Å². The van der Waals surface area contributed by atoms with E-state index in [9.17, 15) is 9.90 Å². The molecule has 0 fully saturated rings. The molecule has 0 aliphatic carbocycles. The lowest BCUT2D eigenvalue weighted by molar-refractivity contribution is -0.138. The van der Waals surface area contributed by atoms with Gasteiger partial charge in [-0.3, -0.25) is 9.69 Å². The first-order chi connectivity index (χ1) is 21.9. The minimum atomic E-state index is -1.02. The largest absolute Gasteiger partial charge is 0.490 e. The van der Waals surface area contributed by atoms with Gasteiger partial charge in [-0.15, -0.1) is 0 Å². The van der Waals surface area contributed by atoms with Gasteiger partial charge >= 0.3 is 5.97 Å². The molecule has 0 amide bonds. The van der Waals surface area contributed by atoms with E-state index < -0.39 is 12.0 Å². The average molecular weight is 611 g/mol. The minimum Gasteiger partial charge on any atom is -0.490 e. The van der Waals surface area contributed by atoms with Crippen LogP contribution < -0.4 is 24.7 Å². The standard InChI is InChI=1S/C37H42N2O6/c1-26-8-5-10-28(20-26)24-44-33-13-4-3-12-30(33)22-39(17-16-32(38)37(40)41)23-31-34(45-25-29-11-6-9-27(2)21-29)14-15-35-36(31)43-19-7-18-42-35/h3-6,8-15,20-21,32H,7,16-19,22-25,38H2,1-2H3,(H,40,41)/t32-/m0/s1.